The van der Waals surface area contributed by atoms with Gasteiger partial charge in [-0.05, 0) is 51.0 Å². The molecule has 0 spiro atoms. The van der Waals surface area contributed by atoms with Crippen molar-refractivity contribution < 1.29 is 19.7 Å². The molecule has 1 aromatic carbocycles. The van der Waals surface area contributed by atoms with Crippen molar-refractivity contribution in [3.05, 3.63) is 29.3 Å². The third kappa shape index (κ3) is 4.79. The number of phenols is 1. The monoisotopic (exact) mass is 267 g/mol. The minimum Gasteiger partial charge on any atom is -0.508 e. The predicted molar refractivity (Wildman–Crippen MR) is 72.0 cm³/mol. The molecule has 5 heteroatoms. The molecule has 19 heavy (non-hydrogen) atoms. The van der Waals surface area contributed by atoms with E-state index in [4.69, 9.17) is 4.74 Å². The van der Waals surface area contributed by atoms with Crippen LogP contribution in [-0.2, 0) is 4.74 Å². The summed E-state index contributed by atoms with van der Waals surface area (Å²) in [5.74, 6) is 0.148. The van der Waals surface area contributed by atoms with Gasteiger partial charge in [0.2, 0.25) is 0 Å². The number of hydrogen-bond acceptors (Lipinski definition) is 4. The van der Waals surface area contributed by atoms with E-state index in [-0.39, 0.29) is 12.4 Å². The van der Waals surface area contributed by atoms with Crippen molar-refractivity contribution in [3.63, 3.8) is 0 Å². The summed E-state index contributed by atoms with van der Waals surface area (Å²) in [5.41, 5.74) is 0.940. The van der Waals surface area contributed by atoms with E-state index in [9.17, 15) is 15.0 Å². The van der Waals surface area contributed by atoms with Crippen LogP contribution in [-0.4, -0.2) is 28.5 Å². The molecule has 0 heterocycles. The number of benzene rings is 1. The van der Waals surface area contributed by atoms with Crippen molar-refractivity contribution in [3.8, 4) is 5.75 Å². The molecule has 0 unspecified atom stereocenters. The van der Waals surface area contributed by atoms with Gasteiger partial charge >= 0.3 is 6.09 Å². The number of ether oxygens (including phenoxy) is 1. The second kappa shape index (κ2) is 5.93. The number of aromatic hydroxyl groups is 1. The number of carbonyl (C=O) groups excluding carboxylic acids is 1. The van der Waals surface area contributed by atoms with Crippen molar-refractivity contribution in [1.82, 2.24) is 5.32 Å². The average Bonchev–Trinajstić information content (AvgIpc) is 2.24. The number of carbonyl (C=O) groups is 1. The van der Waals surface area contributed by atoms with Crippen molar-refractivity contribution in [2.45, 2.75) is 39.3 Å². The Kier molecular flexibility index (Phi) is 4.78. The number of aryl methyl sites for hydroxylation is 1. The Morgan fingerprint density at radius 1 is 1.42 bits per heavy atom. The van der Waals surface area contributed by atoms with Crippen molar-refractivity contribution >= 4 is 6.09 Å². The first-order chi connectivity index (χ1) is 8.73. The van der Waals surface area contributed by atoms with E-state index < -0.39 is 17.7 Å². The van der Waals surface area contributed by atoms with E-state index in [1.807, 2.05) is 0 Å². The molecule has 0 aliphatic heterocycles. The Hall–Kier alpha value is -1.75. The van der Waals surface area contributed by atoms with Gasteiger partial charge in [-0.1, -0.05) is 6.07 Å². The standard InChI is InChI=1S/C14H21NO4/c1-9-7-10(17)5-6-11(9)12(8-16)15-13(18)19-14(2,3)4/h5-7,12,16-17H,8H2,1-4H3,(H,15,18)/t12-/m1/s1. The minimum atomic E-state index is -0.589. The molecule has 0 radical (unpaired) electrons. The molecule has 3 N–H and O–H groups in total. The van der Waals surface area contributed by atoms with Crippen LogP contribution in [0.2, 0.25) is 0 Å². The number of amides is 1. The molecule has 0 saturated carbocycles. The van der Waals surface area contributed by atoms with Gasteiger partial charge in [0.25, 0.3) is 0 Å². The summed E-state index contributed by atoms with van der Waals surface area (Å²) in [6, 6.07) is 4.20. The van der Waals surface area contributed by atoms with E-state index in [0.29, 0.717) is 0 Å². The topological polar surface area (TPSA) is 78.8 Å². The largest absolute Gasteiger partial charge is 0.508 e. The quantitative estimate of drug-likeness (QED) is 0.785. The highest BCUT2D eigenvalue weighted by Crippen LogP contribution is 2.22. The third-order valence-corrected chi connectivity index (χ3v) is 2.50. The fraction of sp³-hybridized carbons (Fsp3) is 0.500. The highest BCUT2D eigenvalue weighted by molar-refractivity contribution is 5.68. The normalized spacial score (nSPS) is 12.9. The molecule has 0 aliphatic carbocycles. The SMILES string of the molecule is Cc1cc(O)ccc1[C@@H](CO)NC(=O)OC(C)(C)C. The zero-order chi connectivity index (χ0) is 14.6. The van der Waals surface area contributed by atoms with Gasteiger partial charge in [-0.15, -0.1) is 0 Å². The molecule has 0 aliphatic rings. The van der Waals surface area contributed by atoms with Crippen LogP contribution in [0.15, 0.2) is 18.2 Å². The number of aliphatic hydroxyl groups excluding tert-OH is 1. The Balaban J connectivity index is 2.81. The number of alkyl carbamates (subject to hydrolysis) is 1. The second-order valence-corrected chi connectivity index (χ2v) is 5.42. The van der Waals surface area contributed by atoms with Crippen LogP contribution in [0.3, 0.4) is 0 Å². The van der Waals surface area contributed by atoms with Crippen LogP contribution in [0.5, 0.6) is 5.75 Å². The van der Waals surface area contributed by atoms with Gasteiger partial charge in [0.15, 0.2) is 0 Å². The maximum atomic E-state index is 11.7. The van der Waals surface area contributed by atoms with Gasteiger partial charge in [-0.25, -0.2) is 4.79 Å². The summed E-state index contributed by atoms with van der Waals surface area (Å²) in [6.45, 7) is 6.87. The van der Waals surface area contributed by atoms with E-state index in [0.717, 1.165) is 11.1 Å². The fourth-order valence-corrected chi connectivity index (χ4v) is 1.72. The molecular formula is C14H21NO4. The molecule has 0 aromatic heterocycles. The molecule has 106 valence electrons. The fourth-order valence-electron chi connectivity index (χ4n) is 1.72. The lowest BCUT2D eigenvalue weighted by atomic mass is 10.0. The molecule has 0 saturated heterocycles. The van der Waals surface area contributed by atoms with E-state index in [2.05, 4.69) is 5.32 Å². The summed E-state index contributed by atoms with van der Waals surface area (Å²) in [7, 11) is 0. The molecule has 1 atom stereocenters. The van der Waals surface area contributed by atoms with Crippen LogP contribution in [0.25, 0.3) is 0 Å². The molecule has 0 bridgehead atoms. The van der Waals surface area contributed by atoms with Crippen LogP contribution >= 0.6 is 0 Å². The average molecular weight is 267 g/mol. The Morgan fingerprint density at radius 2 is 2.05 bits per heavy atom. The first-order valence-corrected chi connectivity index (χ1v) is 6.13. The van der Waals surface area contributed by atoms with Gasteiger partial charge in [-0.3, -0.25) is 0 Å². The second-order valence-electron chi connectivity index (χ2n) is 5.42. The number of aliphatic hydroxyl groups is 1. The Bertz CT molecular complexity index is 451. The maximum Gasteiger partial charge on any atom is 0.408 e. The lowest BCUT2D eigenvalue weighted by Gasteiger charge is -2.23. The van der Waals surface area contributed by atoms with Gasteiger partial charge in [0.1, 0.15) is 11.4 Å². The zero-order valence-corrected chi connectivity index (χ0v) is 11.7. The van der Waals surface area contributed by atoms with Gasteiger partial charge < -0.3 is 20.3 Å². The molecule has 0 fully saturated rings. The Morgan fingerprint density at radius 3 is 2.53 bits per heavy atom. The number of rotatable bonds is 3. The van der Waals surface area contributed by atoms with Crippen LogP contribution in [0.1, 0.15) is 37.9 Å². The van der Waals surface area contributed by atoms with Crippen molar-refractivity contribution in [2.75, 3.05) is 6.61 Å². The molecule has 1 amide bonds. The summed E-state index contributed by atoms with van der Waals surface area (Å²) < 4.78 is 5.14. The smallest absolute Gasteiger partial charge is 0.408 e. The first-order valence-electron chi connectivity index (χ1n) is 6.13. The zero-order valence-electron chi connectivity index (χ0n) is 11.7. The van der Waals surface area contributed by atoms with Gasteiger partial charge in [0.05, 0.1) is 12.6 Å². The highest BCUT2D eigenvalue weighted by atomic mass is 16.6. The van der Waals surface area contributed by atoms with E-state index >= 15 is 0 Å². The first kappa shape index (κ1) is 15.3. The molecule has 1 rings (SSSR count). The minimum absolute atomic E-state index is 0.148. The van der Waals surface area contributed by atoms with Gasteiger partial charge in [-0.2, -0.15) is 0 Å². The third-order valence-electron chi connectivity index (χ3n) is 2.50. The van der Waals surface area contributed by atoms with Crippen molar-refractivity contribution in [2.24, 2.45) is 0 Å². The maximum absolute atomic E-state index is 11.7. The van der Waals surface area contributed by atoms with E-state index in [1.54, 1.807) is 39.8 Å². The highest BCUT2D eigenvalue weighted by Gasteiger charge is 2.21. The summed E-state index contributed by atoms with van der Waals surface area (Å²) >= 11 is 0. The van der Waals surface area contributed by atoms with Crippen LogP contribution in [0.4, 0.5) is 4.79 Å². The number of phenolic OH excluding ortho intramolecular Hbond substituents is 1. The molecule has 1 aromatic rings. The number of nitrogens with one attached hydrogen (secondary N) is 1. The summed E-state index contributed by atoms with van der Waals surface area (Å²) in [4.78, 5) is 11.7. The summed E-state index contributed by atoms with van der Waals surface area (Å²) in [5, 5.41) is 21.3. The van der Waals surface area contributed by atoms with Crippen molar-refractivity contribution in [1.29, 1.82) is 0 Å². The Labute approximate surface area is 113 Å². The van der Waals surface area contributed by atoms with Gasteiger partial charge in [0, 0.05) is 0 Å². The molecular weight excluding hydrogens is 246 g/mol. The lowest BCUT2D eigenvalue weighted by Crippen LogP contribution is -2.36. The van der Waals surface area contributed by atoms with E-state index in [1.165, 1.54) is 6.07 Å². The van der Waals surface area contributed by atoms with Crippen LogP contribution < -0.4 is 5.32 Å². The number of hydrogen-bond donors (Lipinski definition) is 3. The van der Waals surface area contributed by atoms with Crippen LogP contribution in [0, 0.1) is 6.92 Å². The lowest BCUT2D eigenvalue weighted by molar-refractivity contribution is 0.0481. The summed E-state index contributed by atoms with van der Waals surface area (Å²) in [6.07, 6.45) is -0.584. The molecule has 5 nitrogen and oxygen atoms in total. The predicted octanol–water partition coefficient (Wildman–Crippen LogP) is 2.26.